The summed E-state index contributed by atoms with van der Waals surface area (Å²) in [4.78, 5) is 28.8. The van der Waals surface area contributed by atoms with Crippen LogP contribution in [0.4, 0.5) is 15.9 Å². The Hall–Kier alpha value is -3.99. The van der Waals surface area contributed by atoms with Crippen LogP contribution in [-0.4, -0.2) is 36.2 Å². The Balaban J connectivity index is 1.36. The second-order valence-corrected chi connectivity index (χ2v) is 8.38. The molecule has 0 spiro atoms. The van der Waals surface area contributed by atoms with E-state index in [0.717, 1.165) is 18.9 Å². The van der Waals surface area contributed by atoms with E-state index in [2.05, 4.69) is 25.8 Å². The number of anilines is 2. The van der Waals surface area contributed by atoms with Gasteiger partial charge in [0.25, 0.3) is 5.91 Å². The molecule has 1 fully saturated rings. The molecule has 0 bridgehead atoms. The first-order valence-corrected chi connectivity index (χ1v) is 10.8. The van der Waals surface area contributed by atoms with E-state index in [1.54, 1.807) is 38.4 Å². The molecular weight excluding hydrogens is 465 g/mol. The summed E-state index contributed by atoms with van der Waals surface area (Å²) in [5, 5.41) is 13.7. The highest BCUT2D eigenvalue weighted by atomic mass is 35.5. The summed E-state index contributed by atoms with van der Waals surface area (Å²) in [5.41, 5.74) is 1.32. The highest BCUT2D eigenvalue weighted by Crippen LogP contribution is 2.34. The minimum absolute atomic E-state index is 0.00297. The highest BCUT2D eigenvalue weighted by molar-refractivity contribution is 6.32. The zero-order valence-corrected chi connectivity index (χ0v) is 18.9. The molecule has 174 valence electrons. The van der Waals surface area contributed by atoms with Gasteiger partial charge in [0.05, 0.1) is 22.6 Å². The van der Waals surface area contributed by atoms with Gasteiger partial charge in [0, 0.05) is 25.1 Å². The molecular formula is C22H19ClFN7O3. The molecule has 3 heterocycles. The standard InChI is InChI=1S/C22H19ClFN7O3/c1-11-7-16(30(2)28-11)22(33)25-15-9-17(13(23)8-14(15)24)34-20-6-5-19-26-18(10-31(19)29-20)27-21(32)12-3-4-12/h5-10,12H,3-4H2,1-2H3,(H,25,33)(H,27,32). The molecule has 10 nitrogen and oxygen atoms in total. The number of fused-ring (bicyclic) bond motifs is 1. The maximum absolute atomic E-state index is 14.5. The van der Waals surface area contributed by atoms with E-state index >= 15 is 0 Å². The van der Waals surface area contributed by atoms with Crippen molar-refractivity contribution >= 4 is 40.6 Å². The van der Waals surface area contributed by atoms with Gasteiger partial charge in [-0.05, 0) is 38.0 Å². The smallest absolute Gasteiger partial charge is 0.274 e. The van der Waals surface area contributed by atoms with Gasteiger partial charge < -0.3 is 15.4 Å². The van der Waals surface area contributed by atoms with Crippen LogP contribution in [0, 0.1) is 18.7 Å². The average molecular weight is 484 g/mol. The molecule has 34 heavy (non-hydrogen) atoms. The fraction of sp³-hybridized carbons (Fsp3) is 0.227. The van der Waals surface area contributed by atoms with Crippen molar-refractivity contribution in [2.75, 3.05) is 10.6 Å². The minimum Gasteiger partial charge on any atom is -0.436 e. The number of aryl methyl sites for hydroxylation is 2. The van der Waals surface area contributed by atoms with Crippen molar-refractivity contribution in [2.45, 2.75) is 19.8 Å². The number of imidazole rings is 1. The Kier molecular flexibility index (Phi) is 5.40. The molecule has 5 rings (SSSR count). The van der Waals surface area contributed by atoms with E-state index in [1.165, 1.54) is 15.3 Å². The highest BCUT2D eigenvalue weighted by Gasteiger charge is 2.30. The molecule has 2 amide bonds. The number of carbonyl (C=O) groups is 2. The van der Waals surface area contributed by atoms with Crippen molar-refractivity contribution in [3.05, 3.63) is 58.8 Å². The third-order valence-corrected chi connectivity index (χ3v) is 5.51. The molecule has 1 aliphatic rings. The zero-order valence-electron chi connectivity index (χ0n) is 18.2. The first-order valence-electron chi connectivity index (χ1n) is 10.4. The van der Waals surface area contributed by atoms with Crippen molar-refractivity contribution in [1.29, 1.82) is 0 Å². The normalized spacial score (nSPS) is 13.2. The van der Waals surface area contributed by atoms with E-state index < -0.39 is 11.7 Å². The van der Waals surface area contributed by atoms with E-state index in [0.29, 0.717) is 17.2 Å². The lowest BCUT2D eigenvalue weighted by Gasteiger charge is -2.11. The first kappa shape index (κ1) is 21.8. The molecule has 0 radical (unpaired) electrons. The summed E-state index contributed by atoms with van der Waals surface area (Å²) in [6.45, 7) is 1.75. The number of benzene rings is 1. The van der Waals surface area contributed by atoms with Crippen LogP contribution < -0.4 is 15.4 Å². The Labute approximate surface area is 197 Å². The number of rotatable bonds is 6. The number of hydrogen-bond acceptors (Lipinski definition) is 6. The number of halogens is 2. The number of aromatic nitrogens is 5. The van der Waals surface area contributed by atoms with Crippen LogP contribution in [0.1, 0.15) is 29.0 Å². The Morgan fingerprint density at radius 1 is 1.18 bits per heavy atom. The third-order valence-electron chi connectivity index (χ3n) is 5.21. The lowest BCUT2D eigenvalue weighted by atomic mass is 10.2. The Morgan fingerprint density at radius 2 is 1.97 bits per heavy atom. The number of nitrogens with one attached hydrogen (secondary N) is 2. The number of hydrogen-bond donors (Lipinski definition) is 2. The monoisotopic (exact) mass is 483 g/mol. The number of carbonyl (C=O) groups excluding carboxylic acids is 2. The molecule has 0 unspecified atom stereocenters. The summed E-state index contributed by atoms with van der Waals surface area (Å²) in [7, 11) is 1.62. The van der Waals surface area contributed by atoms with Crippen LogP contribution in [0.2, 0.25) is 5.02 Å². The van der Waals surface area contributed by atoms with Gasteiger partial charge in [-0.2, -0.15) is 5.10 Å². The SMILES string of the molecule is Cc1cc(C(=O)Nc2cc(Oc3ccc4nc(NC(=O)C5CC5)cn4n3)c(Cl)cc2F)n(C)n1. The first-order chi connectivity index (χ1) is 16.3. The van der Waals surface area contributed by atoms with Crippen LogP contribution in [0.5, 0.6) is 11.6 Å². The molecule has 1 aromatic carbocycles. The van der Waals surface area contributed by atoms with Gasteiger partial charge in [-0.15, -0.1) is 5.10 Å². The summed E-state index contributed by atoms with van der Waals surface area (Å²) in [6, 6.07) is 7.12. The van der Waals surface area contributed by atoms with Crippen molar-refractivity contribution < 1.29 is 18.7 Å². The molecule has 0 saturated heterocycles. The quantitative estimate of drug-likeness (QED) is 0.429. The Bertz CT molecular complexity index is 1440. The number of amides is 2. The van der Waals surface area contributed by atoms with Gasteiger partial charge in [-0.1, -0.05) is 11.6 Å². The van der Waals surface area contributed by atoms with Crippen LogP contribution in [0.15, 0.2) is 36.5 Å². The summed E-state index contributed by atoms with van der Waals surface area (Å²) < 4.78 is 23.1. The van der Waals surface area contributed by atoms with Gasteiger partial charge in [-0.3, -0.25) is 14.3 Å². The van der Waals surface area contributed by atoms with Crippen LogP contribution in [-0.2, 0) is 11.8 Å². The maximum atomic E-state index is 14.5. The third kappa shape index (κ3) is 4.42. The minimum atomic E-state index is -0.723. The van der Waals surface area contributed by atoms with E-state index in [-0.39, 0.29) is 39.9 Å². The summed E-state index contributed by atoms with van der Waals surface area (Å²) in [6.07, 6.45) is 3.34. The largest absolute Gasteiger partial charge is 0.436 e. The molecule has 12 heteroatoms. The number of nitrogens with zero attached hydrogens (tertiary/aromatic N) is 5. The summed E-state index contributed by atoms with van der Waals surface area (Å²) >= 11 is 6.16. The van der Waals surface area contributed by atoms with E-state index in [4.69, 9.17) is 16.3 Å². The Morgan fingerprint density at radius 3 is 2.68 bits per heavy atom. The number of ether oxygens (including phenoxy) is 1. The molecule has 3 aromatic heterocycles. The second-order valence-electron chi connectivity index (χ2n) is 7.98. The van der Waals surface area contributed by atoms with E-state index in [1.807, 2.05) is 0 Å². The lowest BCUT2D eigenvalue weighted by Crippen LogP contribution is -2.17. The molecule has 1 aliphatic carbocycles. The lowest BCUT2D eigenvalue weighted by molar-refractivity contribution is -0.117. The predicted molar refractivity (Wildman–Crippen MR) is 122 cm³/mol. The fourth-order valence-electron chi connectivity index (χ4n) is 3.38. The van der Waals surface area contributed by atoms with Gasteiger partial charge in [0.15, 0.2) is 11.5 Å². The van der Waals surface area contributed by atoms with Gasteiger partial charge in [0.1, 0.15) is 17.3 Å². The molecule has 2 N–H and O–H groups in total. The summed E-state index contributed by atoms with van der Waals surface area (Å²) in [5.74, 6) is -0.640. The van der Waals surface area contributed by atoms with Crippen molar-refractivity contribution in [2.24, 2.45) is 13.0 Å². The molecule has 0 atom stereocenters. The van der Waals surface area contributed by atoms with Crippen molar-refractivity contribution in [3.63, 3.8) is 0 Å². The maximum Gasteiger partial charge on any atom is 0.274 e. The molecule has 0 aliphatic heterocycles. The van der Waals surface area contributed by atoms with E-state index in [9.17, 15) is 14.0 Å². The fourth-order valence-corrected chi connectivity index (χ4v) is 3.57. The van der Waals surface area contributed by atoms with Crippen molar-refractivity contribution in [1.82, 2.24) is 24.4 Å². The zero-order chi connectivity index (χ0) is 24.0. The topological polar surface area (TPSA) is 115 Å². The van der Waals surface area contributed by atoms with Crippen LogP contribution in [0.3, 0.4) is 0 Å². The van der Waals surface area contributed by atoms with Gasteiger partial charge in [-0.25, -0.2) is 13.9 Å². The van der Waals surface area contributed by atoms with Crippen LogP contribution >= 0.6 is 11.6 Å². The average Bonchev–Trinajstić information content (AvgIpc) is 3.47. The van der Waals surface area contributed by atoms with Crippen LogP contribution in [0.25, 0.3) is 5.65 Å². The molecule has 4 aromatic rings. The molecule has 1 saturated carbocycles. The van der Waals surface area contributed by atoms with Crippen molar-refractivity contribution in [3.8, 4) is 11.6 Å². The predicted octanol–water partition coefficient (Wildman–Crippen LogP) is 3.96. The van der Waals surface area contributed by atoms with Gasteiger partial charge >= 0.3 is 0 Å². The second kappa shape index (κ2) is 8.41. The van der Waals surface area contributed by atoms with Gasteiger partial charge in [0.2, 0.25) is 11.8 Å².